The highest BCUT2D eigenvalue weighted by Gasteiger charge is 2.56. The van der Waals surface area contributed by atoms with Crippen LogP contribution < -0.4 is 10.2 Å². The third-order valence-corrected chi connectivity index (χ3v) is 11.8. The van der Waals surface area contributed by atoms with Crippen LogP contribution in [0.15, 0.2) is 49.1 Å². The summed E-state index contributed by atoms with van der Waals surface area (Å²) in [7, 11) is 1.55. The lowest BCUT2D eigenvalue weighted by molar-refractivity contribution is -0.144. The Morgan fingerprint density at radius 2 is 1.78 bits per heavy atom. The molecule has 12 heteroatoms. The Bertz CT molecular complexity index is 1960. The van der Waals surface area contributed by atoms with Gasteiger partial charge in [0, 0.05) is 55.8 Å². The standard InChI is InChI=1S/C39H47FN8O3/c1-24(2)47-23-42-33-21-32(44-36(35(33)47)43-31-10-13-41-22-30(31)40)26-8-9-29-34(18-26)48(28-19-27(20-28)45-14-6-5-7-15-45)38(50)39(29)11-16-46(17-12-39)37(49)25(3)51-4/h8-10,13,18,21-25,27-28H,5-7,11-12,14-17,19-20H2,1-4H3,(H,41,43,44)/t25-,27?,28?/m0/s1. The van der Waals surface area contributed by atoms with Crippen LogP contribution in [0.5, 0.6) is 0 Å². The largest absolute Gasteiger partial charge is 0.372 e. The molecule has 4 aromatic rings. The average Bonchev–Trinajstić information content (AvgIpc) is 3.66. The van der Waals surface area contributed by atoms with Gasteiger partial charge in [-0.1, -0.05) is 18.6 Å². The number of piperidine rings is 2. The normalized spacial score (nSPS) is 22.4. The van der Waals surface area contributed by atoms with E-state index in [0.29, 0.717) is 43.5 Å². The van der Waals surface area contributed by atoms with Crippen LogP contribution in [0.25, 0.3) is 22.3 Å². The molecule has 3 aromatic heterocycles. The second-order valence-electron chi connectivity index (χ2n) is 15.0. The number of nitrogens with zero attached hydrogens (tertiary/aromatic N) is 7. The number of carbonyl (C=O) groups is 2. The first kappa shape index (κ1) is 33.7. The van der Waals surface area contributed by atoms with Crippen LogP contribution >= 0.6 is 0 Å². The summed E-state index contributed by atoms with van der Waals surface area (Å²) < 4.78 is 22.2. The van der Waals surface area contributed by atoms with Crippen molar-refractivity contribution in [2.45, 2.75) is 95.4 Å². The third-order valence-electron chi connectivity index (χ3n) is 11.8. The molecular weight excluding hydrogens is 647 g/mol. The first-order valence-electron chi connectivity index (χ1n) is 18.5. The predicted molar refractivity (Wildman–Crippen MR) is 195 cm³/mol. The van der Waals surface area contributed by atoms with Crippen molar-refractivity contribution in [1.29, 1.82) is 0 Å². The van der Waals surface area contributed by atoms with Crippen molar-refractivity contribution < 1.29 is 18.7 Å². The molecule has 2 amide bonds. The van der Waals surface area contributed by atoms with Crippen molar-refractivity contribution >= 4 is 40.0 Å². The van der Waals surface area contributed by atoms with Crippen molar-refractivity contribution in [2.75, 3.05) is 43.5 Å². The number of ether oxygens (including phenoxy) is 1. The molecule has 4 aliphatic rings. The fraction of sp³-hybridized carbons (Fsp3) is 0.513. The van der Waals surface area contributed by atoms with Gasteiger partial charge < -0.3 is 29.3 Å². The van der Waals surface area contributed by atoms with Gasteiger partial charge in [-0.05, 0) is 96.1 Å². The molecule has 1 spiro atoms. The minimum absolute atomic E-state index is 0.0361. The van der Waals surface area contributed by atoms with Crippen LogP contribution in [0.3, 0.4) is 0 Å². The number of rotatable bonds is 8. The highest BCUT2D eigenvalue weighted by Crippen LogP contribution is 2.52. The molecule has 1 saturated carbocycles. The van der Waals surface area contributed by atoms with E-state index >= 15 is 0 Å². The molecule has 8 rings (SSSR count). The number of fused-ring (bicyclic) bond motifs is 3. The number of imidazole rings is 1. The maximum Gasteiger partial charge on any atom is 0.251 e. The number of hydrogen-bond acceptors (Lipinski definition) is 8. The number of nitrogens with one attached hydrogen (secondary N) is 1. The lowest BCUT2D eigenvalue weighted by Crippen LogP contribution is -2.58. The summed E-state index contributed by atoms with van der Waals surface area (Å²) in [5, 5.41) is 3.22. The Kier molecular flexibility index (Phi) is 8.78. The topological polar surface area (TPSA) is 109 Å². The van der Waals surface area contributed by atoms with Crippen molar-refractivity contribution in [3.63, 3.8) is 0 Å². The van der Waals surface area contributed by atoms with Crippen molar-refractivity contribution in [3.05, 3.63) is 60.4 Å². The van der Waals surface area contributed by atoms with Gasteiger partial charge in [0.2, 0.25) is 5.91 Å². The molecule has 11 nitrogen and oxygen atoms in total. The van der Waals surface area contributed by atoms with Crippen LogP contribution in [0.1, 0.15) is 77.3 Å². The Labute approximate surface area is 298 Å². The zero-order valence-corrected chi connectivity index (χ0v) is 29.9. The van der Waals surface area contributed by atoms with E-state index in [2.05, 4.69) is 46.1 Å². The maximum absolute atomic E-state index is 14.8. The van der Waals surface area contributed by atoms with Crippen LogP contribution in [0.4, 0.5) is 21.6 Å². The summed E-state index contributed by atoms with van der Waals surface area (Å²) in [5.41, 5.74) is 4.62. The summed E-state index contributed by atoms with van der Waals surface area (Å²) >= 11 is 0. The van der Waals surface area contributed by atoms with Crippen molar-refractivity contribution in [1.82, 2.24) is 29.3 Å². The number of aromatic nitrogens is 4. The van der Waals surface area contributed by atoms with Gasteiger partial charge in [0.1, 0.15) is 11.6 Å². The lowest BCUT2D eigenvalue weighted by atomic mass is 9.73. The molecular formula is C39H47FN8O3. The van der Waals surface area contributed by atoms with Gasteiger partial charge in [-0.25, -0.2) is 14.4 Å². The SMILES string of the molecule is CO[C@@H](C)C(=O)N1CCC2(CC1)C(=O)N(C1CC(N3CCCCC3)C1)c1cc(-c3cc4ncn(C(C)C)c4c(Nc4ccncc4F)n3)ccc12. The van der Waals surface area contributed by atoms with Crippen LogP contribution in [-0.4, -0.2) is 92.6 Å². The predicted octanol–water partition coefficient (Wildman–Crippen LogP) is 6.22. The summed E-state index contributed by atoms with van der Waals surface area (Å²) in [6.07, 6.45) is 10.9. The minimum Gasteiger partial charge on any atom is -0.372 e. The van der Waals surface area contributed by atoms with E-state index < -0.39 is 17.3 Å². The van der Waals surface area contributed by atoms with E-state index in [1.165, 1.54) is 25.5 Å². The number of amides is 2. The summed E-state index contributed by atoms with van der Waals surface area (Å²) in [4.78, 5) is 48.1. The van der Waals surface area contributed by atoms with Gasteiger partial charge in [0.05, 0.1) is 34.8 Å². The highest BCUT2D eigenvalue weighted by molar-refractivity contribution is 6.09. The zero-order valence-electron chi connectivity index (χ0n) is 29.9. The molecule has 51 heavy (non-hydrogen) atoms. The van der Waals surface area contributed by atoms with E-state index in [1.807, 2.05) is 21.6 Å². The van der Waals surface area contributed by atoms with Gasteiger partial charge >= 0.3 is 0 Å². The fourth-order valence-electron chi connectivity index (χ4n) is 8.70. The molecule has 1 aliphatic carbocycles. The molecule has 3 fully saturated rings. The Balaban J connectivity index is 1.17. The molecule has 6 heterocycles. The second-order valence-corrected chi connectivity index (χ2v) is 15.0. The van der Waals surface area contributed by atoms with Crippen molar-refractivity contribution in [3.8, 4) is 11.3 Å². The summed E-state index contributed by atoms with van der Waals surface area (Å²) in [6.45, 7) is 9.21. The minimum atomic E-state index is -0.684. The highest BCUT2D eigenvalue weighted by atomic mass is 19.1. The fourth-order valence-corrected chi connectivity index (χ4v) is 8.70. The smallest absolute Gasteiger partial charge is 0.251 e. The van der Waals surface area contributed by atoms with Gasteiger partial charge in [0.15, 0.2) is 11.6 Å². The molecule has 3 aliphatic heterocycles. The molecule has 0 radical (unpaired) electrons. The van der Waals surface area contributed by atoms with Crippen molar-refractivity contribution in [2.24, 2.45) is 0 Å². The number of benzene rings is 1. The van der Waals surface area contributed by atoms with Crippen LogP contribution in [-0.2, 0) is 19.7 Å². The maximum atomic E-state index is 14.8. The van der Waals surface area contributed by atoms with E-state index in [1.54, 1.807) is 32.6 Å². The lowest BCUT2D eigenvalue weighted by Gasteiger charge is -2.48. The Morgan fingerprint density at radius 1 is 1.02 bits per heavy atom. The molecule has 1 aromatic carbocycles. The average molecular weight is 695 g/mol. The number of anilines is 3. The second kappa shape index (κ2) is 13.3. The summed E-state index contributed by atoms with van der Waals surface area (Å²) in [6, 6.07) is 10.6. The zero-order chi connectivity index (χ0) is 35.4. The number of halogens is 1. The monoisotopic (exact) mass is 694 g/mol. The third kappa shape index (κ3) is 5.76. The molecule has 268 valence electrons. The first-order valence-corrected chi connectivity index (χ1v) is 18.5. The number of methoxy groups -OCH3 is 1. The van der Waals surface area contributed by atoms with Gasteiger partial charge in [-0.2, -0.15) is 0 Å². The number of pyridine rings is 2. The van der Waals surface area contributed by atoms with E-state index in [4.69, 9.17) is 14.7 Å². The quantitative estimate of drug-likeness (QED) is 0.232. The first-order chi connectivity index (χ1) is 24.7. The van der Waals surface area contributed by atoms with Gasteiger partial charge in [-0.15, -0.1) is 0 Å². The number of likely N-dealkylation sites (tertiary alicyclic amines) is 2. The Hall–Kier alpha value is -4.42. The van der Waals surface area contributed by atoms with E-state index in [-0.39, 0.29) is 29.6 Å². The van der Waals surface area contributed by atoms with Crippen LogP contribution in [0, 0.1) is 5.82 Å². The molecule has 1 atom stereocenters. The van der Waals surface area contributed by atoms with Crippen LogP contribution in [0.2, 0.25) is 0 Å². The summed E-state index contributed by atoms with van der Waals surface area (Å²) in [5.74, 6) is 0.136. The molecule has 0 unspecified atom stereocenters. The van der Waals surface area contributed by atoms with E-state index in [0.717, 1.165) is 53.8 Å². The number of hydrogen-bond donors (Lipinski definition) is 1. The van der Waals surface area contributed by atoms with Gasteiger partial charge in [0.25, 0.3) is 5.91 Å². The Morgan fingerprint density at radius 3 is 2.49 bits per heavy atom. The molecule has 0 bridgehead atoms. The molecule has 1 N–H and O–H groups in total. The molecule has 2 saturated heterocycles. The number of carbonyl (C=O) groups excluding carboxylic acids is 2. The van der Waals surface area contributed by atoms with E-state index in [9.17, 15) is 14.0 Å². The van der Waals surface area contributed by atoms with Gasteiger partial charge in [-0.3, -0.25) is 14.6 Å².